The van der Waals surface area contributed by atoms with Gasteiger partial charge >= 0.3 is 0 Å². The van der Waals surface area contributed by atoms with Crippen LogP contribution in [0.15, 0.2) is 36.4 Å². The average molecular weight is 215 g/mol. The number of rotatable bonds is 2. The largest absolute Gasteiger partial charge is 0.253 e. The second kappa shape index (κ2) is 4.44. The monoisotopic (exact) mass is 215 g/mol. The second-order valence-corrected chi connectivity index (χ2v) is 3.83. The third-order valence-electron chi connectivity index (χ3n) is 2.62. The lowest BCUT2D eigenvalue weighted by atomic mass is 10.1. The van der Waals surface area contributed by atoms with Gasteiger partial charge in [0.1, 0.15) is 5.82 Å². The molecular formula is C14H14FN. The van der Waals surface area contributed by atoms with E-state index in [1.807, 2.05) is 24.3 Å². The van der Waals surface area contributed by atoms with Crippen LogP contribution >= 0.6 is 0 Å². The topological polar surface area (TPSA) is 12.9 Å². The van der Waals surface area contributed by atoms with Gasteiger partial charge in [-0.15, -0.1) is 0 Å². The molecule has 0 spiro atoms. The van der Waals surface area contributed by atoms with E-state index >= 15 is 0 Å². The van der Waals surface area contributed by atoms with Crippen molar-refractivity contribution in [2.45, 2.75) is 20.3 Å². The molecule has 0 unspecified atom stereocenters. The van der Waals surface area contributed by atoms with E-state index in [9.17, 15) is 4.39 Å². The smallest absolute Gasteiger partial charge is 0.126 e. The Kier molecular flexibility index (Phi) is 3.00. The third kappa shape index (κ3) is 2.11. The molecule has 0 bridgehead atoms. The van der Waals surface area contributed by atoms with Crippen LogP contribution in [-0.2, 0) is 6.42 Å². The van der Waals surface area contributed by atoms with E-state index in [1.54, 1.807) is 13.0 Å². The van der Waals surface area contributed by atoms with Gasteiger partial charge in [-0.3, -0.25) is 4.98 Å². The second-order valence-electron chi connectivity index (χ2n) is 3.83. The maximum Gasteiger partial charge on any atom is 0.126 e. The highest BCUT2D eigenvalue weighted by molar-refractivity contribution is 5.60. The molecule has 0 amide bonds. The zero-order valence-electron chi connectivity index (χ0n) is 9.50. The van der Waals surface area contributed by atoms with Gasteiger partial charge in [0, 0.05) is 11.3 Å². The minimum atomic E-state index is -0.171. The van der Waals surface area contributed by atoms with Crippen molar-refractivity contribution < 1.29 is 4.39 Å². The summed E-state index contributed by atoms with van der Waals surface area (Å²) < 4.78 is 13.1. The Balaban J connectivity index is 2.46. The summed E-state index contributed by atoms with van der Waals surface area (Å²) in [6.45, 7) is 3.84. The molecule has 1 aromatic heterocycles. The van der Waals surface area contributed by atoms with Gasteiger partial charge in [0.05, 0.1) is 5.69 Å². The number of pyridine rings is 1. The van der Waals surface area contributed by atoms with Crippen molar-refractivity contribution in [1.29, 1.82) is 0 Å². The zero-order valence-corrected chi connectivity index (χ0v) is 9.50. The van der Waals surface area contributed by atoms with E-state index in [-0.39, 0.29) is 5.82 Å². The molecule has 1 heterocycles. The summed E-state index contributed by atoms with van der Waals surface area (Å²) in [5.41, 5.74) is 3.58. The molecule has 1 aromatic carbocycles. The zero-order chi connectivity index (χ0) is 11.5. The van der Waals surface area contributed by atoms with Crippen LogP contribution in [0, 0.1) is 12.7 Å². The highest BCUT2D eigenvalue weighted by Crippen LogP contribution is 2.20. The molecule has 0 aliphatic carbocycles. The summed E-state index contributed by atoms with van der Waals surface area (Å²) in [5.74, 6) is -0.171. The summed E-state index contributed by atoms with van der Waals surface area (Å²) in [6, 6.07) is 11.0. The Morgan fingerprint density at radius 2 is 2.00 bits per heavy atom. The van der Waals surface area contributed by atoms with Crippen molar-refractivity contribution >= 4 is 0 Å². The number of hydrogen-bond acceptors (Lipinski definition) is 1. The molecule has 0 saturated carbocycles. The molecular weight excluding hydrogens is 201 g/mol. The van der Waals surface area contributed by atoms with Crippen LogP contribution in [0.2, 0.25) is 0 Å². The highest BCUT2D eigenvalue weighted by Gasteiger charge is 2.03. The fourth-order valence-electron chi connectivity index (χ4n) is 1.64. The van der Waals surface area contributed by atoms with Crippen LogP contribution in [0.1, 0.15) is 18.2 Å². The van der Waals surface area contributed by atoms with Gasteiger partial charge in [0.15, 0.2) is 0 Å². The van der Waals surface area contributed by atoms with Crippen LogP contribution in [0.25, 0.3) is 11.3 Å². The van der Waals surface area contributed by atoms with Crippen LogP contribution in [0.3, 0.4) is 0 Å². The molecule has 82 valence electrons. The number of hydrogen-bond donors (Lipinski definition) is 0. The SMILES string of the molecule is CCc1cccc(-c2ccc(F)c(C)c2)n1. The van der Waals surface area contributed by atoms with E-state index in [0.29, 0.717) is 5.56 Å². The van der Waals surface area contributed by atoms with E-state index in [4.69, 9.17) is 0 Å². The Hall–Kier alpha value is -1.70. The standard InChI is InChI=1S/C14H14FN/c1-3-12-5-4-6-14(16-12)11-7-8-13(15)10(2)9-11/h4-9H,3H2,1-2H3. The lowest BCUT2D eigenvalue weighted by Crippen LogP contribution is -1.91. The van der Waals surface area contributed by atoms with Crippen LogP contribution in [0.4, 0.5) is 4.39 Å². The van der Waals surface area contributed by atoms with Gasteiger partial charge in [-0.2, -0.15) is 0 Å². The fraction of sp³-hybridized carbons (Fsp3) is 0.214. The predicted molar refractivity (Wildman–Crippen MR) is 63.7 cm³/mol. The van der Waals surface area contributed by atoms with Gasteiger partial charge in [0.2, 0.25) is 0 Å². The normalized spacial score (nSPS) is 10.4. The Bertz CT molecular complexity index is 506. The van der Waals surface area contributed by atoms with Gasteiger partial charge in [-0.1, -0.05) is 13.0 Å². The summed E-state index contributed by atoms with van der Waals surface area (Å²) in [4.78, 5) is 4.51. The van der Waals surface area contributed by atoms with Crippen molar-refractivity contribution in [3.8, 4) is 11.3 Å². The van der Waals surface area contributed by atoms with Crippen LogP contribution in [-0.4, -0.2) is 4.98 Å². The summed E-state index contributed by atoms with van der Waals surface area (Å²) in [6.07, 6.45) is 0.911. The van der Waals surface area contributed by atoms with Crippen LogP contribution in [0.5, 0.6) is 0 Å². The van der Waals surface area contributed by atoms with Gasteiger partial charge in [0.25, 0.3) is 0 Å². The first-order valence-corrected chi connectivity index (χ1v) is 5.43. The van der Waals surface area contributed by atoms with Gasteiger partial charge in [-0.05, 0) is 49.2 Å². The summed E-state index contributed by atoms with van der Waals surface area (Å²) >= 11 is 0. The van der Waals surface area contributed by atoms with Crippen molar-refractivity contribution in [2.24, 2.45) is 0 Å². The molecule has 16 heavy (non-hydrogen) atoms. The minimum Gasteiger partial charge on any atom is -0.253 e. The van der Waals surface area contributed by atoms with Crippen molar-refractivity contribution in [2.75, 3.05) is 0 Å². The minimum absolute atomic E-state index is 0.171. The number of benzene rings is 1. The fourth-order valence-corrected chi connectivity index (χ4v) is 1.64. The molecule has 2 aromatic rings. The molecule has 2 rings (SSSR count). The molecule has 0 atom stereocenters. The molecule has 0 N–H and O–H groups in total. The maximum atomic E-state index is 13.1. The van der Waals surface area contributed by atoms with Crippen molar-refractivity contribution in [1.82, 2.24) is 4.98 Å². The summed E-state index contributed by atoms with van der Waals surface area (Å²) in [7, 11) is 0. The number of halogens is 1. The number of aryl methyl sites for hydroxylation is 2. The first kappa shape index (κ1) is 10.8. The Morgan fingerprint density at radius 3 is 2.69 bits per heavy atom. The first-order chi connectivity index (χ1) is 7.70. The predicted octanol–water partition coefficient (Wildman–Crippen LogP) is 3.76. The quantitative estimate of drug-likeness (QED) is 0.743. The number of aromatic nitrogens is 1. The van der Waals surface area contributed by atoms with Crippen LogP contribution < -0.4 is 0 Å². The molecule has 1 nitrogen and oxygen atoms in total. The summed E-state index contributed by atoms with van der Waals surface area (Å²) in [5, 5.41) is 0. The van der Waals surface area contributed by atoms with E-state index < -0.39 is 0 Å². The molecule has 0 aliphatic rings. The van der Waals surface area contributed by atoms with Crippen molar-refractivity contribution in [3.63, 3.8) is 0 Å². The average Bonchev–Trinajstić information content (AvgIpc) is 2.33. The number of nitrogens with zero attached hydrogens (tertiary/aromatic N) is 1. The molecule has 0 fully saturated rings. The van der Waals surface area contributed by atoms with E-state index in [1.165, 1.54) is 6.07 Å². The third-order valence-corrected chi connectivity index (χ3v) is 2.62. The van der Waals surface area contributed by atoms with E-state index in [2.05, 4.69) is 11.9 Å². The maximum absolute atomic E-state index is 13.1. The Labute approximate surface area is 95.0 Å². The highest BCUT2D eigenvalue weighted by atomic mass is 19.1. The van der Waals surface area contributed by atoms with E-state index in [0.717, 1.165) is 23.4 Å². The lowest BCUT2D eigenvalue weighted by Gasteiger charge is -2.04. The molecule has 0 saturated heterocycles. The molecule has 0 radical (unpaired) electrons. The van der Waals surface area contributed by atoms with Gasteiger partial charge in [-0.25, -0.2) is 4.39 Å². The lowest BCUT2D eigenvalue weighted by molar-refractivity contribution is 0.619. The first-order valence-electron chi connectivity index (χ1n) is 5.43. The van der Waals surface area contributed by atoms with Gasteiger partial charge < -0.3 is 0 Å². The molecule has 0 aliphatic heterocycles. The molecule has 2 heteroatoms. The van der Waals surface area contributed by atoms with Crippen molar-refractivity contribution in [3.05, 3.63) is 53.5 Å². The Morgan fingerprint density at radius 1 is 1.19 bits per heavy atom.